The number of rotatable bonds is 6. The molecule has 2 N–H and O–H groups in total. The fourth-order valence-electron chi connectivity index (χ4n) is 3.97. The molecular formula is C25H26ClN5O2. The highest BCUT2D eigenvalue weighted by Gasteiger charge is 2.27. The molecule has 2 amide bonds. The van der Waals surface area contributed by atoms with E-state index in [-0.39, 0.29) is 6.04 Å². The number of hydrogen-bond donors (Lipinski definition) is 2. The maximum atomic E-state index is 12.5. The van der Waals surface area contributed by atoms with Gasteiger partial charge in [0.1, 0.15) is 0 Å². The molecule has 2 aromatic carbocycles. The van der Waals surface area contributed by atoms with E-state index in [2.05, 4.69) is 37.6 Å². The fourth-order valence-corrected chi connectivity index (χ4v) is 4.16. The smallest absolute Gasteiger partial charge is 0.313 e. The van der Waals surface area contributed by atoms with Gasteiger partial charge in [-0.25, -0.2) is 0 Å². The molecule has 2 heterocycles. The van der Waals surface area contributed by atoms with Gasteiger partial charge in [-0.3, -0.25) is 19.5 Å². The lowest BCUT2D eigenvalue weighted by Crippen LogP contribution is -2.50. The number of hydrogen-bond acceptors (Lipinski definition) is 5. The van der Waals surface area contributed by atoms with E-state index < -0.39 is 11.8 Å². The Morgan fingerprint density at radius 3 is 2.33 bits per heavy atom. The second kappa shape index (κ2) is 10.9. The van der Waals surface area contributed by atoms with Crippen LogP contribution in [-0.2, 0) is 9.59 Å². The van der Waals surface area contributed by atoms with E-state index in [1.807, 2.05) is 36.5 Å². The number of amides is 2. The molecule has 4 rings (SSSR count). The molecule has 0 spiro atoms. The summed E-state index contributed by atoms with van der Waals surface area (Å²) in [6.45, 7) is 3.71. The Hall–Kier alpha value is -3.42. The first-order valence-corrected chi connectivity index (χ1v) is 11.3. The summed E-state index contributed by atoms with van der Waals surface area (Å²) in [6.07, 6.45) is 3.54. The van der Waals surface area contributed by atoms with E-state index in [1.54, 1.807) is 30.5 Å². The molecule has 7 nitrogen and oxygen atoms in total. The summed E-state index contributed by atoms with van der Waals surface area (Å²) < 4.78 is 0. The Labute approximate surface area is 198 Å². The van der Waals surface area contributed by atoms with Crippen LogP contribution in [0.4, 0.5) is 11.4 Å². The van der Waals surface area contributed by atoms with Crippen molar-refractivity contribution >= 4 is 34.8 Å². The zero-order chi connectivity index (χ0) is 23.0. The van der Waals surface area contributed by atoms with Gasteiger partial charge in [0.15, 0.2) is 0 Å². The number of carbonyl (C=O) groups excluding carboxylic acids is 2. The van der Waals surface area contributed by atoms with Crippen LogP contribution in [0.15, 0.2) is 79.1 Å². The quantitative estimate of drug-likeness (QED) is 0.548. The largest absolute Gasteiger partial charge is 0.369 e. The lowest BCUT2D eigenvalue weighted by atomic mass is 10.1. The van der Waals surface area contributed by atoms with Crippen molar-refractivity contribution in [3.8, 4) is 0 Å². The van der Waals surface area contributed by atoms with Crippen LogP contribution in [-0.4, -0.2) is 54.4 Å². The van der Waals surface area contributed by atoms with E-state index in [1.165, 1.54) is 5.69 Å². The molecule has 0 aliphatic carbocycles. The topological polar surface area (TPSA) is 77.6 Å². The number of carbonyl (C=O) groups is 2. The third-order valence-electron chi connectivity index (χ3n) is 5.73. The Morgan fingerprint density at radius 2 is 1.64 bits per heavy atom. The third-order valence-corrected chi connectivity index (χ3v) is 6.06. The van der Waals surface area contributed by atoms with Gasteiger partial charge in [0.05, 0.1) is 16.8 Å². The van der Waals surface area contributed by atoms with Gasteiger partial charge in [0.2, 0.25) is 0 Å². The molecular weight excluding hydrogens is 438 g/mol. The molecule has 1 fully saturated rings. The van der Waals surface area contributed by atoms with Gasteiger partial charge in [0, 0.05) is 50.8 Å². The van der Waals surface area contributed by atoms with Crippen LogP contribution >= 0.6 is 11.6 Å². The van der Waals surface area contributed by atoms with E-state index in [0.29, 0.717) is 17.3 Å². The van der Waals surface area contributed by atoms with Crippen molar-refractivity contribution in [2.45, 2.75) is 6.04 Å². The standard InChI is InChI=1S/C25H26ClN5O2/c26-21-10-4-5-11-22(21)29-25(33)24(32)28-18-23(19-7-6-12-27-17-19)31-15-13-30(14-16-31)20-8-2-1-3-9-20/h1-12,17,23H,13-16,18H2,(H,28,32)(H,29,33). The number of piperazine rings is 1. The lowest BCUT2D eigenvalue weighted by Gasteiger charge is -2.40. The number of nitrogens with one attached hydrogen (secondary N) is 2. The first-order valence-electron chi connectivity index (χ1n) is 10.9. The molecule has 1 unspecified atom stereocenters. The van der Waals surface area contributed by atoms with Crippen molar-refractivity contribution in [1.29, 1.82) is 0 Å². The highest BCUT2D eigenvalue weighted by Crippen LogP contribution is 2.24. The van der Waals surface area contributed by atoms with Crippen molar-refractivity contribution in [2.75, 3.05) is 42.9 Å². The van der Waals surface area contributed by atoms with Gasteiger partial charge < -0.3 is 15.5 Å². The van der Waals surface area contributed by atoms with E-state index in [0.717, 1.165) is 31.7 Å². The van der Waals surface area contributed by atoms with E-state index in [9.17, 15) is 9.59 Å². The highest BCUT2D eigenvalue weighted by molar-refractivity contribution is 6.41. The van der Waals surface area contributed by atoms with Crippen molar-refractivity contribution in [1.82, 2.24) is 15.2 Å². The minimum absolute atomic E-state index is 0.0892. The lowest BCUT2D eigenvalue weighted by molar-refractivity contribution is -0.136. The molecule has 0 bridgehead atoms. The Balaban J connectivity index is 1.39. The van der Waals surface area contributed by atoms with Crippen molar-refractivity contribution < 1.29 is 9.59 Å². The number of halogens is 1. The van der Waals surface area contributed by atoms with Crippen LogP contribution in [0.1, 0.15) is 11.6 Å². The highest BCUT2D eigenvalue weighted by atomic mass is 35.5. The van der Waals surface area contributed by atoms with Crippen molar-refractivity contribution in [3.63, 3.8) is 0 Å². The van der Waals surface area contributed by atoms with Gasteiger partial charge in [0.25, 0.3) is 0 Å². The minimum Gasteiger partial charge on any atom is -0.369 e. The summed E-state index contributed by atoms with van der Waals surface area (Å²) in [7, 11) is 0. The normalized spacial score (nSPS) is 15.0. The average molecular weight is 464 g/mol. The van der Waals surface area contributed by atoms with Crippen LogP contribution in [0.5, 0.6) is 0 Å². The molecule has 1 aromatic heterocycles. The SMILES string of the molecule is O=C(NCC(c1cccnc1)N1CCN(c2ccccc2)CC1)C(=O)Nc1ccccc1Cl. The number of anilines is 2. The van der Waals surface area contributed by atoms with Gasteiger partial charge in [-0.05, 0) is 35.9 Å². The molecule has 33 heavy (non-hydrogen) atoms. The maximum Gasteiger partial charge on any atom is 0.313 e. The van der Waals surface area contributed by atoms with Crippen molar-refractivity contribution in [2.24, 2.45) is 0 Å². The molecule has 8 heteroatoms. The first kappa shape index (κ1) is 22.8. The molecule has 1 aliphatic heterocycles. The molecule has 170 valence electrons. The molecule has 0 radical (unpaired) electrons. The summed E-state index contributed by atoms with van der Waals surface area (Å²) in [5.74, 6) is -1.45. The van der Waals surface area contributed by atoms with Crippen LogP contribution in [0.2, 0.25) is 5.02 Å². The second-order valence-corrected chi connectivity index (χ2v) is 8.21. The van der Waals surface area contributed by atoms with Crippen LogP contribution in [0, 0.1) is 0 Å². The average Bonchev–Trinajstić information content (AvgIpc) is 2.87. The number of benzene rings is 2. The van der Waals surface area contributed by atoms with Crippen LogP contribution in [0.25, 0.3) is 0 Å². The van der Waals surface area contributed by atoms with Crippen molar-refractivity contribution in [3.05, 3.63) is 89.7 Å². The van der Waals surface area contributed by atoms with E-state index >= 15 is 0 Å². The minimum atomic E-state index is -0.748. The Morgan fingerprint density at radius 1 is 0.909 bits per heavy atom. The summed E-state index contributed by atoms with van der Waals surface area (Å²) in [4.78, 5) is 33.8. The molecule has 1 saturated heterocycles. The molecule has 0 saturated carbocycles. The zero-order valence-corrected chi connectivity index (χ0v) is 18.9. The summed E-state index contributed by atoms with van der Waals surface area (Å²) in [5, 5.41) is 5.72. The summed E-state index contributed by atoms with van der Waals surface area (Å²) >= 11 is 6.07. The number of aromatic nitrogens is 1. The third kappa shape index (κ3) is 5.88. The number of nitrogens with zero attached hydrogens (tertiary/aromatic N) is 3. The van der Waals surface area contributed by atoms with Gasteiger partial charge >= 0.3 is 11.8 Å². The Kier molecular flexibility index (Phi) is 7.55. The molecule has 3 aromatic rings. The predicted molar refractivity (Wildman–Crippen MR) is 130 cm³/mol. The molecule has 1 aliphatic rings. The van der Waals surface area contributed by atoms with Gasteiger partial charge in [-0.15, -0.1) is 0 Å². The summed E-state index contributed by atoms with van der Waals surface area (Å²) in [5.41, 5.74) is 2.61. The fraction of sp³-hybridized carbons (Fsp3) is 0.240. The summed E-state index contributed by atoms with van der Waals surface area (Å²) in [6, 6.07) is 20.9. The maximum absolute atomic E-state index is 12.5. The molecule has 1 atom stereocenters. The zero-order valence-electron chi connectivity index (χ0n) is 18.2. The predicted octanol–water partition coefficient (Wildman–Crippen LogP) is 3.35. The van der Waals surface area contributed by atoms with Crippen LogP contribution in [0.3, 0.4) is 0 Å². The van der Waals surface area contributed by atoms with Gasteiger partial charge in [-0.2, -0.15) is 0 Å². The first-order chi connectivity index (χ1) is 16.1. The number of para-hydroxylation sites is 2. The van der Waals surface area contributed by atoms with Gasteiger partial charge in [-0.1, -0.05) is 48.0 Å². The number of pyridine rings is 1. The van der Waals surface area contributed by atoms with Crippen LogP contribution < -0.4 is 15.5 Å². The van der Waals surface area contributed by atoms with E-state index in [4.69, 9.17) is 11.6 Å². The second-order valence-electron chi connectivity index (χ2n) is 7.80. The monoisotopic (exact) mass is 463 g/mol. The Bertz CT molecular complexity index is 1070.